The summed E-state index contributed by atoms with van der Waals surface area (Å²) in [4.78, 5) is 14.7. The van der Waals surface area contributed by atoms with Gasteiger partial charge in [0.05, 0.1) is 11.6 Å². The SMILES string of the molecule is CCCOC1CCCN(C(=O)C2(C)CCCCN2)C1. The highest BCUT2D eigenvalue weighted by Gasteiger charge is 2.38. The predicted molar refractivity (Wildman–Crippen MR) is 76.1 cm³/mol. The van der Waals surface area contributed by atoms with Crippen molar-refractivity contribution in [2.45, 2.75) is 64.0 Å². The number of piperidine rings is 2. The third-order valence-electron chi connectivity index (χ3n) is 4.31. The van der Waals surface area contributed by atoms with Crippen molar-refractivity contribution in [3.63, 3.8) is 0 Å². The van der Waals surface area contributed by atoms with Crippen molar-refractivity contribution in [3.05, 3.63) is 0 Å². The molecule has 2 rings (SSSR count). The predicted octanol–water partition coefficient (Wildman–Crippen LogP) is 1.94. The molecule has 2 fully saturated rings. The van der Waals surface area contributed by atoms with Crippen molar-refractivity contribution in [2.24, 2.45) is 0 Å². The van der Waals surface area contributed by atoms with Gasteiger partial charge in [0.2, 0.25) is 5.91 Å². The van der Waals surface area contributed by atoms with E-state index < -0.39 is 0 Å². The van der Waals surface area contributed by atoms with Gasteiger partial charge in [0.25, 0.3) is 0 Å². The molecule has 110 valence electrons. The van der Waals surface area contributed by atoms with E-state index in [-0.39, 0.29) is 17.6 Å². The molecule has 19 heavy (non-hydrogen) atoms. The zero-order valence-corrected chi connectivity index (χ0v) is 12.4. The fraction of sp³-hybridized carbons (Fsp3) is 0.933. The zero-order valence-electron chi connectivity index (χ0n) is 12.4. The Morgan fingerprint density at radius 2 is 2.26 bits per heavy atom. The lowest BCUT2D eigenvalue weighted by atomic mass is 9.88. The van der Waals surface area contributed by atoms with Crippen LogP contribution in [0.4, 0.5) is 0 Å². The number of likely N-dealkylation sites (tertiary alicyclic amines) is 1. The lowest BCUT2D eigenvalue weighted by molar-refractivity contribution is -0.142. The average molecular weight is 268 g/mol. The summed E-state index contributed by atoms with van der Waals surface area (Å²) >= 11 is 0. The van der Waals surface area contributed by atoms with Crippen molar-refractivity contribution in [1.29, 1.82) is 0 Å². The van der Waals surface area contributed by atoms with E-state index in [2.05, 4.69) is 19.2 Å². The van der Waals surface area contributed by atoms with Crippen molar-refractivity contribution in [2.75, 3.05) is 26.2 Å². The fourth-order valence-corrected chi connectivity index (χ4v) is 3.13. The number of nitrogens with zero attached hydrogens (tertiary/aromatic N) is 1. The van der Waals surface area contributed by atoms with Crippen LogP contribution in [-0.4, -0.2) is 48.7 Å². The van der Waals surface area contributed by atoms with Gasteiger partial charge in [-0.15, -0.1) is 0 Å². The minimum atomic E-state index is -0.342. The first-order valence-electron chi connectivity index (χ1n) is 7.82. The number of carbonyl (C=O) groups is 1. The molecule has 4 heteroatoms. The molecule has 2 heterocycles. The van der Waals surface area contributed by atoms with Gasteiger partial charge in [-0.1, -0.05) is 6.92 Å². The maximum Gasteiger partial charge on any atom is 0.242 e. The Morgan fingerprint density at radius 3 is 2.95 bits per heavy atom. The van der Waals surface area contributed by atoms with E-state index in [1.54, 1.807) is 0 Å². The van der Waals surface area contributed by atoms with E-state index >= 15 is 0 Å². The van der Waals surface area contributed by atoms with Crippen LogP contribution in [0.2, 0.25) is 0 Å². The Labute approximate surface area is 116 Å². The number of amides is 1. The van der Waals surface area contributed by atoms with E-state index in [1.807, 2.05) is 4.90 Å². The molecule has 0 aromatic carbocycles. The van der Waals surface area contributed by atoms with E-state index in [0.717, 1.165) is 58.3 Å². The van der Waals surface area contributed by atoms with E-state index in [4.69, 9.17) is 4.74 Å². The van der Waals surface area contributed by atoms with Gasteiger partial charge >= 0.3 is 0 Å². The van der Waals surface area contributed by atoms with Crippen LogP contribution in [0.1, 0.15) is 52.4 Å². The fourth-order valence-electron chi connectivity index (χ4n) is 3.13. The molecule has 0 aromatic heterocycles. The number of nitrogens with one attached hydrogen (secondary N) is 1. The first kappa shape index (κ1) is 14.8. The van der Waals surface area contributed by atoms with Crippen LogP contribution in [0.5, 0.6) is 0 Å². The highest BCUT2D eigenvalue weighted by molar-refractivity contribution is 5.86. The summed E-state index contributed by atoms with van der Waals surface area (Å²) in [5.41, 5.74) is -0.342. The minimum Gasteiger partial charge on any atom is -0.376 e. The maximum atomic E-state index is 12.7. The number of hydrogen-bond donors (Lipinski definition) is 1. The van der Waals surface area contributed by atoms with Crippen LogP contribution in [0.15, 0.2) is 0 Å². The molecule has 2 unspecified atom stereocenters. The Morgan fingerprint density at radius 1 is 1.42 bits per heavy atom. The first-order valence-corrected chi connectivity index (χ1v) is 7.82. The summed E-state index contributed by atoms with van der Waals surface area (Å²) in [6, 6.07) is 0. The quantitative estimate of drug-likeness (QED) is 0.847. The lowest BCUT2D eigenvalue weighted by Crippen LogP contribution is -2.60. The van der Waals surface area contributed by atoms with Crippen LogP contribution < -0.4 is 5.32 Å². The van der Waals surface area contributed by atoms with Crippen molar-refractivity contribution < 1.29 is 9.53 Å². The second-order valence-corrected chi connectivity index (χ2v) is 6.10. The molecule has 4 nitrogen and oxygen atoms in total. The van der Waals surface area contributed by atoms with Gasteiger partial charge in [0.15, 0.2) is 0 Å². The molecule has 2 atom stereocenters. The molecule has 1 N–H and O–H groups in total. The Kier molecular flexibility index (Phi) is 5.22. The summed E-state index contributed by atoms with van der Waals surface area (Å²) in [5, 5.41) is 3.42. The average Bonchev–Trinajstić information content (AvgIpc) is 2.45. The van der Waals surface area contributed by atoms with E-state index in [1.165, 1.54) is 6.42 Å². The molecule has 2 aliphatic rings. The van der Waals surface area contributed by atoms with Crippen LogP contribution in [0.3, 0.4) is 0 Å². The second kappa shape index (κ2) is 6.71. The molecule has 0 spiro atoms. The van der Waals surface area contributed by atoms with Gasteiger partial charge < -0.3 is 15.0 Å². The van der Waals surface area contributed by atoms with Crippen molar-refractivity contribution in [3.8, 4) is 0 Å². The third kappa shape index (κ3) is 3.69. The highest BCUT2D eigenvalue weighted by atomic mass is 16.5. The molecule has 0 bridgehead atoms. The summed E-state index contributed by atoms with van der Waals surface area (Å²) in [5.74, 6) is 0.275. The summed E-state index contributed by atoms with van der Waals surface area (Å²) < 4.78 is 5.82. The van der Waals surface area contributed by atoms with E-state index in [0.29, 0.717) is 0 Å². The van der Waals surface area contributed by atoms with Crippen LogP contribution >= 0.6 is 0 Å². The number of ether oxygens (including phenoxy) is 1. The number of hydrogen-bond acceptors (Lipinski definition) is 3. The standard InChI is InChI=1S/C15H28N2O2/c1-3-11-19-13-7-6-10-17(12-13)14(18)15(2)8-4-5-9-16-15/h13,16H,3-12H2,1-2H3. The molecule has 1 amide bonds. The molecule has 2 saturated heterocycles. The highest BCUT2D eigenvalue weighted by Crippen LogP contribution is 2.24. The molecular formula is C15H28N2O2. The van der Waals surface area contributed by atoms with Crippen molar-refractivity contribution >= 4 is 5.91 Å². The maximum absolute atomic E-state index is 12.7. The van der Waals surface area contributed by atoms with Gasteiger partial charge in [-0.05, 0) is 52.0 Å². The third-order valence-corrected chi connectivity index (χ3v) is 4.31. The lowest BCUT2D eigenvalue weighted by Gasteiger charge is -2.41. The molecular weight excluding hydrogens is 240 g/mol. The second-order valence-electron chi connectivity index (χ2n) is 6.10. The summed E-state index contributed by atoms with van der Waals surface area (Å²) in [7, 11) is 0. The van der Waals surface area contributed by atoms with E-state index in [9.17, 15) is 4.79 Å². The minimum absolute atomic E-state index is 0.241. The molecule has 0 saturated carbocycles. The zero-order chi connectivity index (χ0) is 13.7. The van der Waals surface area contributed by atoms with Crippen LogP contribution in [0, 0.1) is 0 Å². The molecule has 0 radical (unpaired) electrons. The normalized spacial score (nSPS) is 32.3. The first-order chi connectivity index (χ1) is 9.15. The van der Waals surface area contributed by atoms with Gasteiger partial charge in [-0.25, -0.2) is 0 Å². The monoisotopic (exact) mass is 268 g/mol. The molecule has 0 aliphatic carbocycles. The van der Waals surface area contributed by atoms with Crippen LogP contribution in [0.25, 0.3) is 0 Å². The largest absolute Gasteiger partial charge is 0.376 e. The topological polar surface area (TPSA) is 41.6 Å². The van der Waals surface area contributed by atoms with Gasteiger partial charge in [0, 0.05) is 19.7 Å². The number of rotatable bonds is 4. The Balaban J connectivity index is 1.90. The Hall–Kier alpha value is -0.610. The molecule has 2 aliphatic heterocycles. The summed E-state index contributed by atoms with van der Waals surface area (Å²) in [6.07, 6.45) is 6.74. The molecule has 0 aromatic rings. The van der Waals surface area contributed by atoms with Crippen molar-refractivity contribution in [1.82, 2.24) is 10.2 Å². The van der Waals surface area contributed by atoms with Gasteiger partial charge in [0.1, 0.15) is 0 Å². The number of carbonyl (C=O) groups excluding carboxylic acids is 1. The van der Waals surface area contributed by atoms with Gasteiger partial charge in [-0.2, -0.15) is 0 Å². The smallest absolute Gasteiger partial charge is 0.242 e. The van der Waals surface area contributed by atoms with Gasteiger partial charge in [-0.3, -0.25) is 4.79 Å². The Bertz CT molecular complexity index is 301. The summed E-state index contributed by atoms with van der Waals surface area (Å²) in [6.45, 7) is 7.62. The van der Waals surface area contributed by atoms with Crippen LogP contribution in [-0.2, 0) is 9.53 Å².